The molecular formula is C54H50S2. The Balaban J connectivity index is 1.28. The fourth-order valence-corrected chi connectivity index (χ4v) is 8.44. The van der Waals surface area contributed by atoms with Crippen LogP contribution in [0, 0.1) is 0 Å². The molecule has 0 aromatic heterocycles. The van der Waals surface area contributed by atoms with Crippen LogP contribution in [0.15, 0.2) is 161 Å². The molecule has 0 radical (unpaired) electrons. The maximum Gasteiger partial charge on any atom is 0.00404 e. The molecule has 0 unspecified atom stereocenters. The van der Waals surface area contributed by atoms with Gasteiger partial charge in [-0.1, -0.05) is 124 Å². The van der Waals surface area contributed by atoms with E-state index >= 15 is 0 Å². The van der Waals surface area contributed by atoms with Crippen LogP contribution < -0.4 is 10.4 Å². The highest BCUT2D eigenvalue weighted by Crippen LogP contribution is 2.35. The molecule has 8 rings (SSSR count). The molecule has 0 N–H and O–H groups in total. The molecule has 2 heteroatoms. The normalized spacial score (nSPS) is 12.3. The summed E-state index contributed by atoms with van der Waals surface area (Å²) in [5.41, 5.74) is 17.8. The predicted octanol–water partition coefficient (Wildman–Crippen LogP) is 14.1. The van der Waals surface area contributed by atoms with E-state index < -0.39 is 0 Å². The lowest BCUT2D eigenvalue weighted by molar-refractivity contribution is 0.795. The van der Waals surface area contributed by atoms with Gasteiger partial charge in [-0.25, -0.2) is 0 Å². The van der Waals surface area contributed by atoms with Gasteiger partial charge < -0.3 is 0 Å². The third-order valence-electron chi connectivity index (χ3n) is 11.3. The fourth-order valence-electron chi connectivity index (χ4n) is 8.14. The summed E-state index contributed by atoms with van der Waals surface area (Å²) in [6, 6.07) is 56.8. The molecule has 0 spiro atoms. The van der Waals surface area contributed by atoms with Crippen molar-refractivity contribution in [3.8, 4) is 55.6 Å². The first-order valence-corrected chi connectivity index (χ1v) is 21.3. The van der Waals surface area contributed by atoms with Crippen LogP contribution in [0.3, 0.4) is 0 Å². The Morgan fingerprint density at radius 2 is 0.839 bits per heavy atom. The molecule has 0 saturated heterocycles. The standard InChI is InChI=1S/C54H50S2/c1-3-5-9-37-15-19-39(20-16-37)43-31-45(41-23-27-49(55)28-24-41)35-47(33-43)51-11-7-14-54-52(12-8-13-53(51)54)48-34-44(40-21-17-38(18-22-40)10-6-4-2)32-46(36-48)42-25-29-50(56)30-26-42/h7,11,13-36,55-56H,3-6,8-10,12H2,1-2H3. The SMILES string of the molecule is CCCCc1ccc(-c2cc(C3=c4cccc(-c5cc(-c6ccc(S)cc6)cc(-c6ccc(CCCC)cc6)c5)c4=CCC3)cc(-c3ccc(S)cc3)c2)cc1. The average Bonchev–Trinajstić information content (AvgIpc) is 3.25. The van der Waals surface area contributed by atoms with Crippen molar-refractivity contribution >= 4 is 36.9 Å². The molecule has 0 nitrogen and oxygen atoms in total. The highest BCUT2D eigenvalue weighted by atomic mass is 32.1. The van der Waals surface area contributed by atoms with Crippen molar-refractivity contribution in [2.75, 3.05) is 0 Å². The summed E-state index contributed by atoms with van der Waals surface area (Å²) in [4.78, 5) is 1.94. The first-order chi connectivity index (χ1) is 27.4. The minimum Gasteiger partial charge on any atom is -0.143 e. The summed E-state index contributed by atoms with van der Waals surface area (Å²) in [6.07, 6.45) is 11.6. The maximum absolute atomic E-state index is 4.59. The summed E-state index contributed by atoms with van der Waals surface area (Å²) in [5, 5.41) is 2.65. The van der Waals surface area contributed by atoms with E-state index in [1.807, 2.05) is 0 Å². The highest BCUT2D eigenvalue weighted by Gasteiger charge is 2.16. The second-order valence-electron chi connectivity index (χ2n) is 15.3. The van der Waals surface area contributed by atoms with Gasteiger partial charge in [0.25, 0.3) is 0 Å². The first-order valence-electron chi connectivity index (χ1n) is 20.4. The number of fused-ring (bicyclic) bond motifs is 1. The Labute approximate surface area is 344 Å². The molecule has 0 fully saturated rings. The number of benzene rings is 7. The number of rotatable bonds is 12. The monoisotopic (exact) mass is 762 g/mol. The number of hydrogen-bond acceptors (Lipinski definition) is 2. The minimum absolute atomic E-state index is 0.970. The van der Waals surface area contributed by atoms with Crippen molar-refractivity contribution in [1.82, 2.24) is 0 Å². The van der Waals surface area contributed by atoms with E-state index in [1.54, 1.807) is 0 Å². The maximum atomic E-state index is 4.59. The Bertz CT molecular complexity index is 2580. The third kappa shape index (κ3) is 8.53. The molecule has 0 bridgehead atoms. The number of unbranched alkanes of at least 4 members (excludes halogenated alkanes) is 2. The first kappa shape index (κ1) is 37.9. The summed E-state index contributed by atoms with van der Waals surface area (Å²) < 4.78 is 0. The van der Waals surface area contributed by atoms with Crippen molar-refractivity contribution in [2.24, 2.45) is 0 Å². The van der Waals surface area contributed by atoms with Crippen molar-refractivity contribution in [3.05, 3.63) is 179 Å². The quantitative estimate of drug-likeness (QED) is 0.114. The fraction of sp³-hybridized carbons (Fsp3) is 0.185. The molecular weight excluding hydrogens is 713 g/mol. The van der Waals surface area contributed by atoms with Gasteiger partial charge in [-0.15, -0.1) is 25.3 Å². The average molecular weight is 763 g/mol. The molecule has 1 aliphatic carbocycles. The zero-order chi connectivity index (χ0) is 38.4. The second-order valence-corrected chi connectivity index (χ2v) is 16.3. The van der Waals surface area contributed by atoms with E-state index in [9.17, 15) is 0 Å². The predicted molar refractivity (Wildman–Crippen MR) is 247 cm³/mol. The molecule has 0 amide bonds. The topological polar surface area (TPSA) is 0 Å². The lowest BCUT2D eigenvalue weighted by atomic mass is 9.86. The van der Waals surface area contributed by atoms with Crippen LogP contribution in [0.2, 0.25) is 0 Å². The zero-order valence-electron chi connectivity index (χ0n) is 32.6. The van der Waals surface area contributed by atoms with Gasteiger partial charge in [0.15, 0.2) is 0 Å². The Morgan fingerprint density at radius 3 is 1.29 bits per heavy atom. The number of aryl methyl sites for hydroxylation is 2. The highest BCUT2D eigenvalue weighted by molar-refractivity contribution is 7.80. The minimum atomic E-state index is 0.970. The Kier molecular flexibility index (Phi) is 11.8. The van der Waals surface area contributed by atoms with E-state index in [0.717, 1.165) is 35.5 Å². The van der Waals surface area contributed by atoms with E-state index in [1.165, 1.54) is 114 Å². The summed E-state index contributed by atoms with van der Waals surface area (Å²) >= 11 is 9.18. The molecule has 7 aromatic rings. The van der Waals surface area contributed by atoms with Crippen LogP contribution in [-0.2, 0) is 12.8 Å². The summed E-state index contributed by atoms with van der Waals surface area (Å²) in [6.45, 7) is 4.52. The molecule has 56 heavy (non-hydrogen) atoms. The van der Waals surface area contributed by atoms with E-state index in [4.69, 9.17) is 0 Å². The van der Waals surface area contributed by atoms with Crippen LogP contribution in [0.25, 0.3) is 67.3 Å². The smallest absolute Gasteiger partial charge is 0.00404 e. The molecule has 0 atom stereocenters. The Hall–Kier alpha value is -5.02. The van der Waals surface area contributed by atoms with Crippen molar-refractivity contribution in [2.45, 2.75) is 75.0 Å². The molecule has 278 valence electrons. The van der Waals surface area contributed by atoms with Crippen molar-refractivity contribution < 1.29 is 0 Å². The molecule has 0 heterocycles. The van der Waals surface area contributed by atoms with Gasteiger partial charge >= 0.3 is 0 Å². The van der Waals surface area contributed by atoms with Gasteiger partial charge in [0.1, 0.15) is 0 Å². The van der Waals surface area contributed by atoms with Crippen LogP contribution in [-0.4, -0.2) is 0 Å². The van der Waals surface area contributed by atoms with Crippen molar-refractivity contribution in [3.63, 3.8) is 0 Å². The second kappa shape index (κ2) is 17.4. The van der Waals surface area contributed by atoms with Crippen LogP contribution in [0.5, 0.6) is 0 Å². The summed E-state index contributed by atoms with van der Waals surface area (Å²) in [5.74, 6) is 0. The zero-order valence-corrected chi connectivity index (χ0v) is 34.4. The largest absolute Gasteiger partial charge is 0.143 e. The third-order valence-corrected chi connectivity index (χ3v) is 11.9. The lowest BCUT2D eigenvalue weighted by Gasteiger charge is -2.18. The lowest BCUT2D eigenvalue weighted by Crippen LogP contribution is -2.31. The van der Waals surface area contributed by atoms with Gasteiger partial charge in [0, 0.05) is 9.79 Å². The number of hydrogen-bond donors (Lipinski definition) is 2. The van der Waals surface area contributed by atoms with E-state index in [2.05, 4.69) is 197 Å². The Morgan fingerprint density at radius 1 is 0.429 bits per heavy atom. The molecule has 0 aliphatic heterocycles. The van der Waals surface area contributed by atoms with Gasteiger partial charge in [0.2, 0.25) is 0 Å². The molecule has 1 aliphatic rings. The molecule has 7 aromatic carbocycles. The van der Waals surface area contributed by atoms with Crippen LogP contribution in [0.1, 0.15) is 69.1 Å². The van der Waals surface area contributed by atoms with E-state index in [0.29, 0.717) is 0 Å². The van der Waals surface area contributed by atoms with E-state index in [-0.39, 0.29) is 0 Å². The van der Waals surface area contributed by atoms with Gasteiger partial charge in [-0.3, -0.25) is 0 Å². The molecule has 0 saturated carbocycles. The van der Waals surface area contributed by atoms with Crippen molar-refractivity contribution in [1.29, 1.82) is 0 Å². The van der Waals surface area contributed by atoms with Gasteiger partial charge in [-0.05, 0) is 188 Å². The number of thiol groups is 2. The van der Waals surface area contributed by atoms with Gasteiger partial charge in [0.05, 0.1) is 0 Å². The van der Waals surface area contributed by atoms with Gasteiger partial charge in [-0.2, -0.15) is 0 Å². The summed E-state index contributed by atoms with van der Waals surface area (Å²) in [7, 11) is 0. The van der Waals surface area contributed by atoms with Crippen LogP contribution in [0.4, 0.5) is 0 Å². The van der Waals surface area contributed by atoms with Crippen LogP contribution >= 0.6 is 25.3 Å².